The molecule has 0 fully saturated rings. The Kier molecular flexibility index (Phi) is 8.98. The molecule has 0 aliphatic heterocycles. The van der Waals surface area contributed by atoms with Gasteiger partial charge in [0.1, 0.15) is 11.6 Å². The van der Waals surface area contributed by atoms with Gasteiger partial charge in [0.05, 0.1) is 6.54 Å². The predicted molar refractivity (Wildman–Crippen MR) is 75.5 cm³/mol. The first-order valence-electron chi connectivity index (χ1n) is 6.39. The van der Waals surface area contributed by atoms with Crippen molar-refractivity contribution in [1.82, 2.24) is 0 Å². The molecule has 0 saturated heterocycles. The van der Waals surface area contributed by atoms with E-state index in [0.717, 1.165) is 5.56 Å². The topological polar surface area (TPSA) is 91.3 Å². The molecule has 1 unspecified atom stereocenters. The maximum absolute atomic E-state index is 11.9. The summed E-state index contributed by atoms with van der Waals surface area (Å²) in [5, 5.41) is 3.87. The number of nitrogens with zero attached hydrogens (tertiary/aromatic N) is 1. The third-order valence-corrected chi connectivity index (χ3v) is 2.87. The number of amides is 1. The van der Waals surface area contributed by atoms with E-state index >= 15 is 0 Å². The van der Waals surface area contributed by atoms with E-state index in [1.165, 1.54) is 6.92 Å². The van der Waals surface area contributed by atoms with Gasteiger partial charge in [0.25, 0.3) is 0 Å². The zero-order chi connectivity index (χ0) is 15.1. The number of ketones is 2. The summed E-state index contributed by atoms with van der Waals surface area (Å²) in [7, 11) is 0. The Balaban J connectivity index is 0.00000400. The Morgan fingerprint density at radius 3 is 2.48 bits per heavy atom. The molecule has 0 bridgehead atoms. The van der Waals surface area contributed by atoms with E-state index in [2.05, 4.69) is 11.4 Å². The first-order valence-corrected chi connectivity index (χ1v) is 6.39. The molecular weight excluding hydrogens is 440 g/mol. The summed E-state index contributed by atoms with van der Waals surface area (Å²) < 4.78 is 0. The molecule has 1 aromatic carbocycles. The van der Waals surface area contributed by atoms with Crippen LogP contribution in [-0.4, -0.2) is 30.1 Å². The summed E-state index contributed by atoms with van der Waals surface area (Å²) in [6.45, 7) is 3.18. The molecule has 0 saturated carbocycles. The van der Waals surface area contributed by atoms with Crippen molar-refractivity contribution in [3.8, 4) is 0 Å². The Morgan fingerprint density at radius 1 is 1.33 bits per heavy atom. The van der Waals surface area contributed by atoms with Crippen molar-refractivity contribution >= 4 is 17.5 Å². The number of hydrogen-bond acceptors (Lipinski definition) is 4. The van der Waals surface area contributed by atoms with Gasteiger partial charge in [-0.05, 0) is 12.8 Å². The summed E-state index contributed by atoms with van der Waals surface area (Å²) in [5.41, 5.74) is 6.50. The van der Waals surface area contributed by atoms with Gasteiger partial charge in [-0.1, -0.05) is 19.4 Å². The Bertz CT molecular complexity index is 500. The van der Waals surface area contributed by atoms with Gasteiger partial charge in [-0.2, -0.15) is 0 Å². The van der Waals surface area contributed by atoms with Crippen LogP contribution in [0.5, 0.6) is 0 Å². The molecule has 1 aromatic rings. The number of Topliss-reactive ketones (excluding diaryl/α,β-unsaturated/α-hetero) is 2. The van der Waals surface area contributed by atoms with Crippen LogP contribution in [0.2, 0.25) is 0 Å². The molecular formula is C15H18N2O3W. The van der Waals surface area contributed by atoms with Gasteiger partial charge in [0, 0.05) is 6.42 Å². The monoisotopic (exact) mass is 458 g/mol. The Morgan fingerprint density at radius 2 is 2.00 bits per heavy atom. The van der Waals surface area contributed by atoms with E-state index in [1.807, 2.05) is 6.92 Å². The molecule has 0 spiro atoms. The molecule has 0 heterocycles. The second-order valence-corrected chi connectivity index (χ2v) is 4.62. The quantitative estimate of drug-likeness (QED) is 0.629. The predicted octanol–water partition coefficient (Wildman–Crippen LogP) is 1.57. The second-order valence-electron chi connectivity index (χ2n) is 4.62. The van der Waals surface area contributed by atoms with E-state index < -0.39 is 11.9 Å². The normalized spacial score (nSPS) is 11.2. The average molecular weight is 458 g/mol. The zero-order valence-corrected chi connectivity index (χ0v) is 15.0. The van der Waals surface area contributed by atoms with Crippen molar-refractivity contribution in [1.29, 1.82) is 0 Å². The Labute approximate surface area is 138 Å². The van der Waals surface area contributed by atoms with Crippen LogP contribution in [0, 0.1) is 13.0 Å². The number of hydrogen-bond donors (Lipinski definition) is 1. The minimum Gasteiger partial charge on any atom is -0.686 e. The number of nitrogens with two attached hydrogens (primary N) is 1. The van der Waals surface area contributed by atoms with E-state index in [1.54, 1.807) is 18.2 Å². The second kappa shape index (κ2) is 9.58. The van der Waals surface area contributed by atoms with Crippen LogP contribution in [0.4, 0.5) is 0 Å². The number of carbonyl (C=O) groups excluding carboxylic acids is 3. The molecule has 0 aliphatic carbocycles. The van der Waals surface area contributed by atoms with E-state index in [4.69, 9.17) is 5.73 Å². The maximum atomic E-state index is 11.9. The largest absolute Gasteiger partial charge is 2.00 e. The summed E-state index contributed by atoms with van der Waals surface area (Å²) in [5.74, 6) is -0.888. The molecule has 1 atom stereocenters. The number of benzene rings is 1. The molecule has 5 nitrogen and oxygen atoms in total. The third-order valence-electron chi connectivity index (χ3n) is 2.87. The van der Waals surface area contributed by atoms with E-state index in [0.29, 0.717) is 5.56 Å². The van der Waals surface area contributed by atoms with Crippen molar-refractivity contribution in [3.63, 3.8) is 0 Å². The van der Waals surface area contributed by atoms with E-state index in [-0.39, 0.29) is 52.0 Å². The van der Waals surface area contributed by atoms with Crippen molar-refractivity contribution in [2.45, 2.75) is 32.7 Å². The van der Waals surface area contributed by atoms with Crippen LogP contribution < -0.4 is 5.73 Å². The smallest absolute Gasteiger partial charge is 0.686 e. The van der Waals surface area contributed by atoms with Crippen LogP contribution in [0.3, 0.4) is 0 Å². The molecule has 112 valence electrons. The average Bonchev–Trinajstić information content (AvgIpc) is 2.43. The zero-order valence-electron chi connectivity index (χ0n) is 12.1. The molecule has 1 rings (SSSR count). The first-order chi connectivity index (χ1) is 9.43. The summed E-state index contributed by atoms with van der Waals surface area (Å²) in [6.07, 6.45) is 0.359. The van der Waals surface area contributed by atoms with Gasteiger partial charge in [-0.25, -0.2) is 0 Å². The van der Waals surface area contributed by atoms with Crippen LogP contribution in [0.25, 0.3) is 5.32 Å². The standard InChI is InChI=1S/C15H19N2O3.W/c1-10-3-5-12(6-4-10)15(20)17-14(11(2)18)8-7-13(19)9-16;/h3-5,14H,7-9,16H2,1-2H3,(H,17,20);/q-1;+2/p-1. The fraction of sp³-hybridized carbons (Fsp3) is 0.400. The van der Waals surface area contributed by atoms with Gasteiger partial charge < -0.3 is 20.6 Å². The van der Waals surface area contributed by atoms with Crippen molar-refractivity contribution < 1.29 is 35.4 Å². The van der Waals surface area contributed by atoms with Crippen molar-refractivity contribution in [2.24, 2.45) is 5.73 Å². The molecule has 6 heteroatoms. The minimum absolute atomic E-state index is 0. The fourth-order valence-electron chi connectivity index (χ4n) is 1.61. The van der Waals surface area contributed by atoms with Gasteiger partial charge in [-0.15, -0.1) is 35.4 Å². The van der Waals surface area contributed by atoms with Crippen molar-refractivity contribution in [2.75, 3.05) is 6.54 Å². The number of carbonyl (C=O) groups is 3. The third kappa shape index (κ3) is 6.78. The SMILES string of the molecule is CC(=O)C(CCC(=O)CN)[N-]C(=O)c1[c-]cc(C)cc1.[W+2]. The van der Waals surface area contributed by atoms with E-state index in [9.17, 15) is 14.4 Å². The van der Waals surface area contributed by atoms with Gasteiger partial charge in [-0.3, -0.25) is 4.79 Å². The molecule has 0 aliphatic rings. The van der Waals surface area contributed by atoms with Gasteiger partial charge in [0.15, 0.2) is 0 Å². The number of rotatable bonds is 7. The molecule has 21 heavy (non-hydrogen) atoms. The molecule has 0 radical (unpaired) electrons. The Hall–Kier alpha value is -1.32. The fourth-order valence-corrected chi connectivity index (χ4v) is 1.61. The van der Waals surface area contributed by atoms with Crippen LogP contribution in [-0.2, 0) is 30.7 Å². The summed E-state index contributed by atoms with van der Waals surface area (Å²) in [6, 6.07) is 7.09. The van der Waals surface area contributed by atoms with Crippen LogP contribution >= 0.6 is 0 Å². The first kappa shape index (κ1) is 19.7. The summed E-state index contributed by atoms with van der Waals surface area (Å²) >= 11 is 0. The number of aryl methyl sites for hydroxylation is 1. The van der Waals surface area contributed by atoms with Crippen molar-refractivity contribution in [3.05, 3.63) is 40.7 Å². The van der Waals surface area contributed by atoms with Crippen LogP contribution in [0.15, 0.2) is 18.2 Å². The molecule has 2 N–H and O–H groups in total. The van der Waals surface area contributed by atoms with Gasteiger partial charge >= 0.3 is 21.1 Å². The van der Waals surface area contributed by atoms with Crippen LogP contribution in [0.1, 0.15) is 35.7 Å². The molecule has 0 aromatic heterocycles. The van der Waals surface area contributed by atoms with Gasteiger partial charge in [0.2, 0.25) is 0 Å². The maximum Gasteiger partial charge on any atom is 2.00 e. The summed E-state index contributed by atoms with van der Waals surface area (Å²) in [4.78, 5) is 34.6. The minimum atomic E-state index is -0.798. The molecule has 1 amide bonds.